The zero-order chi connectivity index (χ0) is 21.2. The number of hydrogen-bond acceptors (Lipinski definition) is 8. The molecule has 0 spiro atoms. The molecule has 7 nitrogen and oxygen atoms in total. The fourth-order valence-electron chi connectivity index (χ4n) is 3.37. The number of anilines is 1. The maximum absolute atomic E-state index is 14.0. The van der Waals surface area contributed by atoms with Gasteiger partial charge in [-0.05, 0) is 36.6 Å². The summed E-state index contributed by atoms with van der Waals surface area (Å²) in [5.41, 5.74) is 1.54. The molecule has 31 heavy (non-hydrogen) atoms. The van der Waals surface area contributed by atoms with Gasteiger partial charge in [0, 0.05) is 18.8 Å². The van der Waals surface area contributed by atoms with Crippen LogP contribution in [-0.2, 0) is 10.5 Å². The van der Waals surface area contributed by atoms with Gasteiger partial charge in [-0.15, -0.1) is 21.5 Å². The Morgan fingerprint density at radius 3 is 2.81 bits per heavy atom. The molecule has 0 saturated carbocycles. The summed E-state index contributed by atoms with van der Waals surface area (Å²) in [5, 5.41) is 11.5. The topological polar surface area (TPSA) is 69.2 Å². The summed E-state index contributed by atoms with van der Waals surface area (Å²) < 4.78 is 27.2. The van der Waals surface area contributed by atoms with Gasteiger partial charge < -0.3 is 14.1 Å². The molecule has 1 aliphatic rings. The molecule has 0 amide bonds. The normalized spacial score (nSPS) is 14.3. The molecule has 0 unspecified atom stereocenters. The number of nitrogens with zero attached hydrogens (tertiary/aromatic N) is 5. The molecule has 0 atom stereocenters. The molecule has 4 aromatic rings. The van der Waals surface area contributed by atoms with Crippen molar-refractivity contribution in [1.29, 1.82) is 0 Å². The smallest absolute Gasteiger partial charge is 0.236 e. The number of halogens is 1. The van der Waals surface area contributed by atoms with Gasteiger partial charge in [0.1, 0.15) is 11.6 Å². The fraction of sp³-hybridized carbons (Fsp3) is 0.286. The number of oxazole rings is 1. The monoisotopic (exact) mass is 457 g/mol. The highest BCUT2D eigenvalue weighted by Gasteiger charge is 2.23. The second-order valence-corrected chi connectivity index (χ2v) is 8.88. The molecule has 1 fully saturated rings. The molecule has 10 heteroatoms. The number of ether oxygens (including phenoxy) is 1. The van der Waals surface area contributed by atoms with Gasteiger partial charge >= 0.3 is 0 Å². The Balaban J connectivity index is 1.44. The van der Waals surface area contributed by atoms with E-state index in [1.807, 2.05) is 35.1 Å². The van der Waals surface area contributed by atoms with E-state index in [0.717, 1.165) is 16.3 Å². The van der Waals surface area contributed by atoms with Crippen molar-refractivity contribution in [2.45, 2.75) is 17.8 Å². The Morgan fingerprint density at radius 2 is 2.03 bits per heavy atom. The van der Waals surface area contributed by atoms with Gasteiger partial charge in [0.25, 0.3) is 0 Å². The lowest BCUT2D eigenvalue weighted by Gasteiger charge is -2.27. The minimum Gasteiger partial charge on any atom is -0.440 e. The Morgan fingerprint density at radius 1 is 1.16 bits per heavy atom. The molecule has 0 aliphatic carbocycles. The fourth-order valence-corrected chi connectivity index (χ4v) is 4.96. The molecule has 1 aliphatic heterocycles. The minimum atomic E-state index is -0.303. The van der Waals surface area contributed by atoms with Crippen LogP contribution < -0.4 is 4.90 Å². The summed E-state index contributed by atoms with van der Waals surface area (Å²) in [4.78, 5) is 7.77. The number of aromatic nitrogens is 4. The number of aryl methyl sites for hydroxylation is 1. The van der Waals surface area contributed by atoms with Gasteiger partial charge in [-0.1, -0.05) is 23.9 Å². The zero-order valence-electron chi connectivity index (χ0n) is 16.8. The second-order valence-electron chi connectivity index (χ2n) is 6.99. The highest BCUT2D eigenvalue weighted by molar-refractivity contribution is 7.98. The predicted octanol–water partition coefficient (Wildman–Crippen LogP) is 4.56. The van der Waals surface area contributed by atoms with E-state index in [0.29, 0.717) is 54.7 Å². The van der Waals surface area contributed by atoms with Gasteiger partial charge in [-0.2, -0.15) is 0 Å². The molecular weight excluding hydrogens is 437 g/mol. The first kappa shape index (κ1) is 20.2. The summed E-state index contributed by atoms with van der Waals surface area (Å²) >= 11 is 3.09. The molecular formula is C21H20FN5O2S2. The summed E-state index contributed by atoms with van der Waals surface area (Å²) in [7, 11) is 0. The quantitative estimate of drug-likeness (QED) is 0.393. The molecule has 0 bridgehead atoms. The standard InChI is InChI=1S/C21H20FN5O2S2/c1-14-17(23-19(29-14)18-6-3-11-30-18)13-31-21-25-24-20(26-7-9-28-10-8-26)27(21)16-5-2-4-15(22)12-16/h2-6,11-12H,7-10,13H2,1H3. The van der Waals surface area contributed by atoms with Crippen molar-refractivity contribution in [1.82, 2.24) is 19.7 Å². The van der Waals surface area contributed by atoms with Gasteiger partial charge in [0.2, 0.25) is 11.8 Å². The maximum Gasteiger partial charge on any atom is 0.236 e. The van der Waals surface area contributed by atoms with Crippen molar-refractivity contribution in [3.63, 3.8) is 0 Å². The van der Waals surface area contributed by atoms with Crippen molar-refractivity contribution >= 4 is 29.0 Å². The van der Waals surface area contributed by atoms with Crippen molar-refractivity contribution in [3.8, 4) is 16.5 Å². The molecule has 4 heterocycles. The van der Waals surface area contributed by atoms with Crippen molar-refractivity contribution in [2.24, 2.45) is 0 Å². The molecule has 1 saturated heterocycles. The van der Waals surface area contributed by atoms with E-state index in [4.69, 9.17) is 9.15 Å². The van der Waals surface area contributed by atoms with Crippen molar-refractivity contribution in [3.05, 3.63) is 59.0 Å². The van der Waals surface area contributed by atoms with E-state index in [-0.39, 0.29) is 5.82 Å². The summed E-state index contributed by atoms with van der Waals surface area (Å²) in [6.07, 6.45) is 0. The van der Waals surface area contributed by atoms with E-state index in [1.165, 1.54) is 23.9 Å². The van der Waals surface area contributed by atoms with Gasteiger partial charge in [-0.25, -0.2) is 9.37 Å². The van der Waals surface area contributed by atoms with E-state index in [9.17, 15) is 4.39 Å². The summed E-state index contributed by atoms with van der Waals surface area (Å²) in [6.45, 7) is 4.59. The van der Waals surface area contributed by atoms with E-state index in [2.05, 4.69) is 20.1 Å². The zero-order valence-corrected chi connectivity index (χ0v) is 18.5. The summed E-state index contributed by atoms with van der Waals surface area (Å²) in [5.74, 6) is 2.36. The van der Waals surface area contributed by atoms with Gasteiger partial charge in [-0.3, -0.25) is 4.57 Å². The highest BCUT2D eigenvalue weighted by atomic mass is 32.2. The first-order valence-electron chi connectivity index (χ1n) is 9.86. The predicted molar refractivity (Wildman–Crippen MR) is 118 cm³/mol. The first-order valence-corrected chi connectivity index (χ1v) is 11.7. The number of hydrogen-bond donors (Lipinski definition) is 0. The number of thiophene rings is 1. The number of rotatable bonds is 6. The number of benzene rings is 1. The molecule has 160 valence electrons. The third-order valence-corrected chi connectivity index (χ3v) is 6.74. The lowest BCUT2D eigenvalue weighted by atomic mass is 10.3. The van der Waals surface area contributed by atoms with Crippen LogP contribution in [0.5, 0.6) is 0 Å². The molecule has 3 aromatic heterocycles. The lowest BCUT2D eigenvalue weighted by molar-refractivity contribution is 0.122. The van der Waals surface area contributed by atoms with E-state index < -0.39 is 0 Å². The second kappa shape index (κ2) is 8.81. The first-order chi connectivity index (χ1) is 15.2. The van der Waals surface area contributed by atoms with Crippen LogP contribution in [0.4, 0.5) is 10.3 Å². The third-order valence-electron chi connectivity index (χ3n) is 4.94. The number of thioether (sulfide) groups is 1. The SMILES string of the molecule is Cc1oc(-c2cccs2)nc1CSc1nnc(N2CCOCC2)n1-c1cccc(F)c1. The molecule has 5 rings (SSSR count). The summed E-state index contributed by atoms with van der Waals surface area (Å²) in [6, 6.07) is 10.4. The van der Waals surface area contributed by atoms with Gasteiger partial charge in [0.15, 0.2) is 5.16 Å². The maximum atomic E-state index is 14.0. The molecule has 1 aromatic carbocycles. The highest BCUT2D eigenvalue weighted by Crippen LogP contribution is 2.32. The Kier molecular flexibility index (Phi) is 5.75. The van der Waals surface area contributed by atoms with Gasteiger partial charge in [0.05, 0.1) is 29.5 Å². The van der Waals surface area contributed by atoms with Crippen LogP contribution in [0, 0.1) is 12.7 Å². The van der Waals surface area contributed by atoms with E-state index in [1.54, 1.807) is 17.4 Å². The Bertz CT molecular complexity index is 1170. The average molecular weight is 458 g/mol. The lowest BCUT2D eigenvalue weighted by Crippen LogP contribution is -2.37. The third kappa shape index (κ3) is 4.23. The van der Waals surface area contributed by atoms with Crippen LogP contribution in [0.15, 0.2) is 51.4 Å². The van der Waals surface area contributed by atoms with Crippen LogP contribution in [0.2, 0.25) is 0 Å². The Labute approximate surface area is 186 Å². The van der Waals surface area contributed by atoms with Crippen molar-refractivity contribution < 1.29 is 13.5 Å². The minimum absolute atomic E-state index is 0.303. The largest absolute Gasteiger partial charge is 0.440 e. The van der Waals surface area contributed by atoms with Crippen LogP contribution in [-0.4, -0.2) is 46.1 Å². The molecule has 0 N–H and O–H groups in total. The molecule has 0 radical (unpaired) electrons. The van der Waals surface area contributed by atoms with Crippen LogP contribution in [0.3, 0.4) is 0 Å². The average Bonchev–Trinajstić information content (AvgIpc) is 3.53. The number of morpholine rings is 1. The van der Waals surface area contributed by atoms with Crippen molar-refractivity contribution in [2.75, 3.05) is 31.2 Å². The van der Waals surface area contributed by atoms with Crippen LogP contribution in [0.25, 0.3) is 16.5 Å². The Hall–Kier alpha value is -2.69. The van der Waals surface area contributed by atoms with Crippen LogP contribution in [0.1, 0.15) is 11.5 Å². The van der Waals surface area contributed by atoms with Crippen LogP contribution >= 0.6 is 23.1 Å². The van der Waals surface area contributed by atoms with E-state index >= 15 is 0 Å².